The molecule has 1 saturated heterocycles. The third kappa shape index (κ3) is 8.55. The van der Waals surface area contributed by atoms with Crippen LogP contribution in [-0.4, -0.2) is 62.6 Å². The Balaban J connectivity index is 0.00000420. The molecule has 162 valence electrons. The molecular weight excluding hydrogens is 490 g/mol. The smallest absolute Gasteiger partial charge is 0.308 e. The number of nitrogens with one attached hydrogen (secondary N) is 2. The summed E-state index contributed by atoms with van der Waals surface area (Å²) in [6, 6.07) is 5.90. The van der Waals surface area contributed by atoms with Crippen LogP contribution in [0.3, 0.4) is 0 Å². The van der Waals surface area contributed by atoms with E-state index in [9.17, 15) is 14.0 Å². The molecule has 1 aliphatic heterocycles. The standard InChI is InChI=1S/C20H29FN4O3.HI/c1-3-22-20(25-12-8-16(9-13-25)19(27)28-2)24-11-10-23-18(26)14-15-4-6-17(21)7-5-15;/h4-7,16H,3,8-14H2,1-2H3,(H,22,24)(H,23,26);1H. The van der Waals surface area contributed by atoms with Crippen molar-refractivity contribution in [3.8, 4) is 0 Å². The van der Waals surface area contributed by atoms with Gasteiger partial charge in [-0.3, -0.25) is 14.6 Å². The molecular formula is C20H30FIN4O3. The van der Waals surface area contributed by atoms with Gasteiger partial charge >= 0.3 is 5.97 Å². The molecule has 0 radical (unpaired) electrons. The van der Waals surface area contributed by atoms with E-state index in [4.69, 9.17) is 4.74 Å². The maximum Gasteiger partial charge on any atom is 0.308 e. The van der Waals surface area contributed by atoms with Crippen LogP contribution in [0.25, 0.3) is 0 Å². The lowest BCUT2D eigenvalue weighted by Gasteiger charge is -2.33. The maximum atomic E-state index is 12.9. The summed E-state index contributed by atoms with van der Waals surface area (Å²) >= 11 is 0. The molecule has 1 aliphatic rings. The molecule has 2 rings (SSSR count). The Hall–Kier alpha value is -1.91. The third-order valence-electron chi connectivity index (χ3n) is 4.64. The first-order valence-corrected chi connectivity index (χ1v) is 9.65. The number of likely N-dealkylation sites (tertiary alicyclic amines) is 1. The molecule has 9 heteroatoms. The third-order valence-corrected chi connectivity index (χ3v) is 4.64. The van der Waals surface area contributed by atoms with E-state index < -0.39 is 0 Å². The molecule has 7 nitrogen and oxygen atoms in total. The Morgan fingerprint density at radius 1 is 1.21 bits per heavy atom. The lowest BCUT2D eigenvalue weighted by atomic mass is 9.97. The summed E-state index contributed by atoms with van der Waals surface area (Å²) in [5.74, 6) is 0.162. The van der Waals surface area contributed by atoms with Crippen molar-refractivity contribution >= 4 is 41.8 Å². The number of esters is 1. The van der Waals surface area contributed by atoms with Crippen molar-refractivity contribution in [2.24, 2.45) is 10.9 Å². The van der Waals surface area contributed by atoms with Gasteiger partial charge in [-0.1, -0.05) is 12.1 Å². The Labute approximate surface area is 188 Å². The predicted octanol–water partition coefficient (Wildman–Crippen LogP) is 1.95. The van der Waals surface area contributed by atoms with Crippen molar-refractivity contribution < 1.29 is 18.7 Å². The minimum atomic E-state index is -0.315. The number of carbonyl (C=O) groups excluding carboxylic acids is 2. The number of halogens is 2. The van der Waals surface area contributed by atoms with E-state index in [2.05, 4.69) is 20.5 Å². The molecule has 0 aromatic heterocycles. The van der Waals surface area contributed by atoms with Crippen LogP contribution in [-0.2, 0) is 20.7 Å². The SMILES string of the molecule is CCNC(=NCCNC(=O)Cc1ccc(F)cc1)N1CCC(C(=O)OC)CC1.I. The summed E-state index contributed by atoms with van der Waals surface area (Å²) in [7, 11) is 1.42. The van der Waals surface area contributed by atoms with Crippen molar-refractivity contribution in [2.45, 2.75) is 26.2 Å². The zero-order valence-electron chi connectivity index (χ0n) is 16.9. The highest BCUT2D eigenvalue weighted by Crippen LogP contribution is 2.18. The van der Waals surface area contributed by atoms with Crippen LogP contribution in [0, 0.1) is 11.7 Å². The summed E-state index contributed by atoms with van der Waals surface area (Å²) in [4.78, 5) is 30.3. The Bertz CT molecular complexity index is 677. The zero-order valence-corrected chi connectivity index (χ0v) is 19.3. The number of ether oxygens (including phenoxy) is 1. The second-order valence-electron chi connectivity index (χ2n) is 6.67. The van der Waals surface area contributed by atoms with Crippen LogP contribution in [0.15, 0.2) is 29.3 Å². The van der Waals surface area contributed by atoms with Gasteiger partial charge in [0.2, 0.25) is 5.91 Å². The molecule has 1 aromatic carbocycles. The largest absolute Gasteiger partial charge is 0.469 e. The number of hydrogen-bond acceptors (Lipinski definition) is 4. The van der Waals surface area contributed by atoms with E-state index in [0.717, 1.165) is 44.0 Å². The van der Waals surface area contributed by atoms with E-state index >= 15 is 0 Å². The average Bonchev–Trinajstić information content (AvgIpc) is 2.71. The Kier molecular flexibility index (Phi) is 11.6. The molecule has 1 amide bonds. The first kappa shape index (κ1) is 25.1. The van der Waals surface area contributed by atoms with Gasteiger partial charge in [0.1, 0.15) is 5.82 Å². The van der Waals surface area contributed by atoms with Gasteiger partial charge in [0.25, 0.3) is 0 Å². The number of guanidine groups is 1. The molecule has 1 fully saturated rings. The monoisotopic (exact) mass is 520 g/mol. The number of hydrogen-bond donors (Lipinski definition) is 2. The topological polar surface area (TPSA) is 83.0 Å². The normalized spacial score (nSPS) is 14.7. The molecule has 1 aromatic rings. The molecule has 0 saturated carbocycles. The van der Waals surface area contributed by atoms with Gasteiger partial charge in [-0.15, -0.1) is 24.0 Å². The number of carbonyl (C=O) groups is 2. The highest BCUT2D eigenvalue weighted by molar-refractivity contribution is 14.0. The molecule has 0 atom stereocenters. The number of piperidine rings is 1. The summed E-state index contributed by atoms with van der Waals surface area (Å²) < 4.78 is 17.7. The fourth-order valence-electron chi connectivity index (χ4n) is 3.13. The zero-order chi connectivity index (χ0) is 20.4. The predicted molar refractivity (Wildman–Crippen MR) is 121 cm³/mol. The highest BCUT2D eigenvalue weighted by Gasteiger charge is 2.26. The van der Waals surface area contributed by atoms with Crippen LogP contribution in [0.5, 0.6) is 0 Å². The Morgan fingerprint density at radius 2 is 1.86 bits per heavy atom. The number of rotatable bonds is 7. The van der Waals surface area contributed by atoms with Gasteiger partial charge in [-0.05, 0) is 37.5 Å². The van der Waals surface area contributed by atoms with Crippen LogP contribution in [0.2, 0.25) is 0 Å². The van der Waals surface area contributed by atoms with Gasteiger partial charge < -0.3 is 20.3 Å². The van der Waals surface area contributed by atoms with E-state index in [-0.39, 0.29) is 54.0 Å². The van der Waals surface area contributed by atoms with Gasteiger partial charge in [0.05, 0.1) is 26.0 Å². The molecule has 0 unspecified atom stereocenters. The van der Waals surface area contributed by atoms with Crippen molar-refractivity contribution in [3.63, 3.8) is 0 Å². The second-order valence-corrected chi connectivity index (χ2v) is 6.67. The number of aliphatic imine (C=N–C) groups is 1. The fourth-order valence-corrected chi connectivity index (χ4v) is 3.13. The van der Waals surface area contributed by atoms with Crippen LogP contribution in [0.4, 0.5) is 4.39 Å². The molecule has 1 heterocycles. The van der Waals surface area contributed by atoms with Crippen LogP contribution >= 0.6 is 24.0 Å². The number of amides is 1. The quantitative estimate of drug-likeness (QED) is 0.189. The molecule has 0 bridgehead atoms. The first-order chi connectivity index (χ1) is 13.5. The first-order valence-electron chi connectivity index (χ1n) is 9.65. The van der Waals surface area contributed by atoms with E-state index in [1.807, 2.05) is 6.92 Å². The summed E-state index contributed by atoms with van der Waals surface area (Å²) in [6.45, 7) is 5.10. The van der Waals surface area contributed by atoms with E-state index in [1.54, 1.807) is 12.1 Å². The summed E-state index contributed by atoms with van der Waals surface area (Å²) in [6.07, 6.45) is 1.70. The number of methoxy groups -OCH3 is 1. The van der Waals surface area contributed by atoms with Gasteiger partial charge in [0, 0.05) is 26.2 Å². The van der Waals surface area contributed by atoms with Gasteiger partial charge in [0.15, 0.2) is 5.96 Å². The van der Waals surface area contributed by atoms with Crippen molar-refractivity contribution in [2.75, 3.05) is 39.8 Å². The van der Waals surface area contributed by atoms with Gasteiger partial charge in [-0.2, -0.15) is 0 Å². The van der Waals surface area contributed by atoms with Crippen LogP contribution in [0.1, 0.15) is 25.3 Å². The molecule has 0 aliphatic carbocycles. The van der Waals surface area contributed by atoms with Crippen molar-refractivity contribution in [1.82, 2.24) is 15.5 Å². The van der Waals surface area contributed by atoms with Crippen molar-refractivity contribution in [3.05, 3.63) is 35.6 Å². The summed E-state index contributed by atoms with van der Waals surface area (Å²) in [5.41, 5.74) is 0.768. The van der Waals surface area contributed by atoms with E-state index in [1.165, 1.54) is 19.2 Å². The van der Waals surface area contributed by atoms with Gasteiger partial charge in [-0.25, -0.2) is 4.39 Å². The Morgan fingerprint density at radius 3 is 2.45 bits per heavy atom. The highest BCUT2D eigenvalue weighted by atomic mass is 127. The fraction of sp³-hybridized carbons (Fsp3) is 0.550. The summed E-state index contributed by atoms with van der Waals surface area (Å²) in [5, 5.41) is 6.08. The number of nitrogens with zero attached hydrogens (tertiary/aromatic N) is 2. The maximum absolute atomic E-state index is 12.9. The second kappa shape index (κ2) is 13.3. The average molecular weight is 520 g/mol. The van der Waals surface area contributed by atoms with Crippen LogP contribution < -0.4 is 10.6 Å². The molecule has 29 heavy (non-hydrogen) atoms. The number of benzene rings is 1. The lowest BCUT2D eigenvalue weighted by Crippen LogP contribution is -2.47. The molecule has 0 spiro atoms. The minimum absolute atomic E-state index is 0. The molecule has 2 N–H and O–H groups in total. The van der Waals surface area contributed by atoms with Crippen molar-refractivity contribution in [1.29, 1.82) is 0 Å². The minimum Gasteiger partial charge on any atom is -0.469 e. The lowest BCUT2D eigenvalue weighted by molar-refractivity contribution is -0.146. The van der Waals surface area contributed by atoms with E-state index in [0.29, 0.717) is 13.1 Å².